The number of anilines is 1. The van der Waals surface area contributed by atoms with Crippen LogP contribution >= 0.6 is 0 Å². The molecule has 0 spiro atoms. The fraction of sp³-hybridized carbons (Fsp3) is 0.125. The topological polar surface area (TPSA) is 89.8 Å². The molecule has 0 aliphatic heterocycles. The number of hydrogen-bond acceptors (Lipinski definition) is 4. The molecule has 5 nitrogen and oxygen atoms in total. The second-order valence-corrected chi connectivity index (χ2v) is 2.42. The van der Waals surface area contributed by atoms with Crippen molar-refractivity contribution in [2.24, 2.45) is 0 Å². The molecule has 0 saturated heterocycles. The Labute approximate surface area is 74.3 Å². The minimum absolute atomic E-state index is 0.197. The first-order chi connectivity index (χ1) is 6.11. The predicted molar refractivity (Wildman–Crippen MR) is 45.9 cm³/mol. The molecule has 5 heteroatoms. The van der Waals surface area contributed by atoms with E-state index in [1.165, 1.54) is 18.2 Å². The number of phenolic OH excluding ortho intramolecular Hbond substituents is 2. The number of rotatable bonds is 3. The molecule has 4 N–H and O–H groups in total. The zero-order chi connectivity index (χ0) is 9.84. The summed E-state index contributed by atoms with van der Waals surface area (Å²) < 4.78 is 0. The molecule has 0 aliphatic carbocycles. The highest BCUT2D eigenvalue weighted by Gasteiger charge is 2.05. The van der Waals surface area contributed by atoms with Crippen molar-refractivity contribution < 1.29 is 20.1 Å². The van der Waals surface area contributed by atoms with Crippen LogP contribution < -0.4 is 5.32 Å². The summed E-state index contributed by atoms with van der Waals surface area (Å²) in [6, 6.07) is 4.28. The highest BCUT2D eigenvalue weighted by atomic mass is 16.4. The zero-order valence-electron chi connectivity index (χ0n) is 6.69. The van der Waals surface area contributed by atoms with E-state index in [4.69, 9.17) is 10.2 Å². The predicted octanol–water partition coefficient (Wildman–Crippen LogP) is 0.594. The fourth-order valence-corrected chi connectivity index (χ4v) is 0.845. The van der Waals surface area contributed by atoms with Crippen molar-refractivity contribution in [3.05, 3.63) is 18.2 Å². The molecule has 0 unspecified atom stereocenters. The molecule has 70 valence electrons. The molecule has 1 rings (SSSR count). The average Bonchev–Trinajstić information content (AvgIpc) is 2.07. The number of hydrogen-bond donors (Lipinski definition) is 4. The van der Waals surface area contributed by atoms with E-state index < -0.39 is 5.97 Å². The number of phenols is 2. The molecular formula is C8H9NO4. The highest BCUT2D eigenvalue weighted by Crippen LogP contribution is 2.32. The van der Waals surface area contributed by atoms with Crippen molar-refractivity contribution >= 4 is 11.7 Å². The van der Waals surface area contributed by atoms with Gasteiger partial charge in [0.05, 0.1) is 5.69 Å². The van der Waals surface area contributed by atoms with Crippen molar-refractivity contribution in [3.63, 3.8) is 0 Å². The Hall–Kier alpha value is -1.91. The zero-order valence-corrected chi connectivity index (χ0v) is 6.69. The first kappa shape index (κ1) is 9.18. The molecule has 13 heavy (non-hydrogen) atoms. The van der Waals surface area contributed by atoms with Gasteiger partial charge in [0, 0.05) is 0 Å². The third-order valence-corrected chi connectivity index (χ3v) is 1.44. The fourth-order valence-electron chi connectivity index (χ4n) is 0.845. The summed E-state index contributed by atoms with van der Waals surface area (Å²) in [5, 5.41) is 29.0. The molecule has 1 aromatic carbocycles. The molecular weight excluding hydrogens is 174 g/mol. The molecule has 0 aromatic heterocycles. The van der Waals surface area contributed by atoms with Gasteiger partial charge in [-0.1, -0.05) is 6.07 Å². The van der Waals surface area contributed by atoms with Crippen LogP contribution in [0.2, 0.25) is 0 Å². The van der Waals surface area contributed by atoms with Gasteiger partial charge in [-0.05, 0) is 12.1 Å². The van der Waals surface area contributed by atoms with E-state index in [-0.39, 0.29) is 23.7 Å². The van der Waals surface area contributed by atoms with Crippen LogP contribution in [0.3, 0.4) is 0 Å². The first-order valence-corrected chi connectivity index (χ1v) is 3.58. The smallest absolute Gasteiger partial charge is 0.322 e. The van der Waals surface area contributed by atoms with Crippen molar-refractivity contribution in [2.45, 2.75) is 0 Å². The Kier molecular flexibility index (Phi) is 2.59. The van der Waals surface area contributed by atoms with Crippen LogP contribution in [0.1, 0.15) is 0 Å². The Morgan fingerprint density at radius 2 is 2.08 bits per heavy atom. The maximum Gasteiger partial charge on any atom is 0.322 e. The molecule has 0 amide bonds. The molecule has 1 aromatic rings. The van der Waals surface area contributed by atoms with E-state index in [1.54, 1.807) is 0 Å². The van der Waals surface area contributed by atoms with Crippen molar-refractivity contribution in [1.29, 1.82) is 0 Å². The second kappa shape index (κ2) is 3.66. The van der Waals surface area contributed by atoms with Crippen molar-refractivity contribution in [1.82, 2.24) is 0 Å². The quantitative estimate of drug-likeness (QED) is 0.515. The number of carbonyl (C=O) groups is 1. The monoisotopic (exact) mass is 183 g/mol. The standard InChI is InChI=1S/C8H9NO4/c10-6-3-1-2-5(8(6)13)9-4-7(11)12/h1-3,9-10,13H,4H2,(H,11,12). The largest absolute Gasteiger partial charge is 0.504 e. The van der Waals surface area contributed by atoms with Gasteiger partial charge in [-0.25, -0.2) is 0 Å². The normalized spacial score (nSPS) is 9.54. The molecule has 0 heterocycles. The van der Waals surface area contributed by atoms with Crippen LogP contribution in [-0.2, 0) is 4.79 Å². The molecule has 0 bridgehead atoms. The Morgan fingerprint density at radius 1 is 1.38 bits per heavy atom. The van der Waals surface area contributed by atoms with Crippen LogP contribution in [0.4, 0.5) is 5.69 Å². The van der Waals surface area contributed by atoms with Crippen molar-refractivity contribution in [2.75, 3.05) is 11.9 Å². The summed E-state index contributed by atoms with van der Waals surface area (Å²) in [4.78, 5) is 10.2. The van der Waals surface area contributed by atoms with Gasteiger partial charge in [0.2, 0.25) is 0 Å². The SMILES string of the molecule is O=C(O)CNc1cccc(O)c1O. The van der Waals surface area contributed by atoms with Crippen LogP contribution in [0.5, 0.6) is 11.5 Å². The molecule has 0 fully saturated rings. The molecule has 0 aliphatic rings. The maximum absolute atomic E-state index is 10.2. The van der Waals surface area contributed by atoms with E-state index in [2.05, 4.69) is 5.32 Å². The number of para-hydroxylation sites is 1. The third-order valence-electron chi connectivity index (χ3n) is 1.44. The molecule has 0 saturated carbocycles. The molecule has 0 atom stereocenters. The lowest BCUT2D eigenvalue weighted by Crippen LogP contribution is -2.12. The van der Waals surface area contributed by atoms with Crippen LogP contribution in [-0.4, -0.2) is 27.8 Å². The number of aromatic hydroxyl groups is 2. The number of nitrogens with one attached hydrogen (secondary N) is 1. The first-order valence-electron chi connectivity index (χ1n) is 3.58. The Balaban J connectivity index is 2.77. The Morgan fingerprint density at radius 3 is 2.69 bits per heavy atom. The highest BCUT2D eigenvalue weighted by molar-refractivity contribution is 5.74. The Bertz CT molecular complexity index is 324. The van der Waals surface area contributed by atoms with Crippen LogP contribution in [0.25, 0.3) is 0 Å². The minimum atomic E-state index is -1.04. The van der Waals surface area contributed by atoms with Crippen LogP contribution in [0, 0.1) is 0 Å². The van der Waals surface area contributed by atoms with E-state index in [1.807, 2.05) is 0 Å². The molecule has 0 radical (unpaired) electrons. The lowest BCUT2D eigenvalue weighted by molar-refractivity contribution is -0.134. The summed E-state index contributed by atoms with van der Waals surface area (Å²) in [6.45, 7) is -0.309. The van der Waals surface area contributed by atoms with Gasteiger partial charge in [0.15, 0.2) is 11.5 Å². The second-order valence-electron chi connectivity index (χ2n) is 2.42. The number of aliphatic carboxylic acids is 1. The number of carboxylic acid groups (broad SMARTS) is 1. The summed E-state index contributed by atoms with van der Waals surface area (Å²) in [7, 11) is 0. The summed E-state index contributed by atoms with van der Waals surface area (Å²) >= 11 is 0. The summed E-state index contributed by atoms with van der Waals surface area (Å²) in [5.74, 6) is -1.66. The van der Waals surface area contributed by atoms with Gasteiger partial charge in [-0.3, -0.25) is 4.79 Å². The van der Waals surface area contributed by atoms with Gasteiger partial charge in [0.1, 0.15) is 6.54 Å². The van der Waals surface area contributed by atoms with E-state index in [0.717, 1.165) is 0 Å². The van der Waals surface area contributed by atoms with Crippen LogP contribution in [0.15, 0.2) is 18.2 Å². The average molecular weight is 183 g/mol. The van der Waals surface area contributed by atoms with Gasteiger partial charge in [0.25, 0.3) is 0 Å². The lowest BCUT2D eigenvalue weighted by Gasteiger charge is -2.06. The summed E-state index contributed by atoms with van der Waals surface area (Å²) in [6.07, 6.45) is 0. The van der Waals surface area contributed by atoms with Gasteiger partial charge in [-0.2, -0.15) is 0 Å². The van der Waals surface area contributed by atoms with E-state index in [0.29, 0.717) is 0 Å². The van der Waals surface area contributed by atoms with Gasteiger partial charge in [-0.15, -0.1) is 0 Å². The van der Waals surface area contributed by atoms with Gasteiger partial charge < -0.3 is 20.6 Å². The lowest BCUT2D eigenvalue weighted by atomic mass is 10.2. The third kappa shape index (κ3) is 2.26. The van der Waals surface area contributed by atoms with Crippen molar-refractivity contribution in [3.8, 4) is 11.5 Å². The maximum atomic E-state index is 10.2. The minimum Gasteiger partial charge on any atom is -0.504 e. The summed E-state index contributed by atoms with van der Waals surface area (Å²) in [5.41, 5.74) is 0.197. The number of carboxylic acids is 1. The van der Waals surface area contributed by atoms with E-state index >= 15 is 0 Å². The van der Waals surface area contributed by atoms with E-state index in [9.17, 15) is 9.90 Å². The van der Waals surface area contributed by atoms with Gasteiger partial charge >= 0.3 is 5.97 Å². The number of benzene rings is 1.